The first-order valence-electron chi connectivity index (χ1n) is 13.3. The zero-order valence-electron chi connectivity index (χ0n) is 21.5. The van der Waals surface area contributed by atoms with Crippen molar-refractivity contribution in [3.8, 4) is 0 Å². The average Bonchev–Trinajstić information content (AvgIpc) is 3.27. The summed E-state index contributed by atoms with van der Waals surface area (Å²) in [6, 6.07) is 12.4. The van der Waals surface area contributed by atoms with E-state index >= 15 is 0 Å². The number of piperidine rings is 1. The molecule has 192 valence electrons. The summed E-state index contributed by atoms with van der Waals surface area (Å²) < 4.78 is 9.24. The summed E-state index contributed by atoms with van der Waals surface area (Å²) >= 11 is 1.58. The number of benzene rings is 1. The number of anilines is 3. The van der Waals surface area contributed by atoms with E-state index in [1.807, 2.05) is 30.3 Å². The van der Waals surface area contributed by atoms with E-state index in [1.54, 1.807) is 11.9 Å². The smallest absolute Gasteiger partial charge is 0.259 e. The molecule has 4 heterocycles. The van der Waals surface area contributed by atoms with Crippen molar-refractivity contribution in [3.05, 3.63) is 42.0 Å². The molecule has 4 fully saturated rings. The Hall–Kier alpha value is -2.29. The summed E-state index contributed by atoms with van der Waals surface area (Å²) in [7, 11) is 0. The highest BCUT2D eigenvalue weighted by Gasteiger charge is 2.45. The van der Waals surface area contributed by atoms with Crippen LogP contribution >= 0.6 is 11.9 Å². The fourth-order valence-electron chi connectivity index (χ4n) is 5.61. The summed E-state index contributed by atoms with van der Waals surface area (Å²) in [6.45, 7) is 10.0. The maximum atomic E-state index is 13.6. The van der Waals surface area contributed by atoms with Crippen LogP contribution in [0.3, 0.4) is 0 Å². The average molecular weight is 508 g/mol. The van der Waals surface area contributed by atoms with Crippen LogP contribution < -0.4 is 19.8 Å². The van der Waals surface area contributed by atoms with Gasteiger partial charge in [-0.25, -0.2) is 4.98 Å². The van der Waals surface area contributed by atoms with Crippen LogP contribution in [0.2, 0.25) is 0 Å². The van der Waals surface area contributed by atoms with Gasteiger partial charge in [0.05, 0.1) is 24.3 Å². The van der Waals surface area contributed by atoms with Crippen LogP contribution in [0, 0.1) is 5.41 Å². The van der Waals surface area contributed by atoms with Crippen molar-refractivity contribution in [2.75, 3.05) is 41.4 Å². The second kappa shape index (κ2) is 9.23. The first-order chi connectivity index (χ1) is 17.3. The Morgan fingerprint density at radius 3 is 2.61 bits per heavy atom. The lowest BCUT2D eigenvalue weighted by molar-refractivity contribution is 0.0988. The number of hydrogen-bond acceptors (Lipinski definition) is 7. The molecule has 4 aliphatic rings. The van der Waals surface area contributed by atoms with Gasteiger partial charge in [0.25, 0.3) is 5.91 Å². The van der Waals surface area contributed by atoms with Crippen LogP contribution in [0.25, 0.3) is 0 Å². The molecule has 3 saturated heterocycles. The molecule has 2 N–H and O–H groups in total. The molecular formula is C28H37N5O2S. The Morgan fingerprint density at radius 2 is 1.94 bits per heavy atom. The number of carbonyl (C=O) groups is 1. The van der Waals surface area contributed by atoms with Gasteiger partial charge < -0.3 is 19.9 Å². The molecule has 1 aliphatic carbocycles. The van der Waals surface area contributed by atoms with Gasteiger partial charge in [-0.2, -0.15) is 0 Å². The van der Waals surface area contributed by atoms with E-state index in [2.05, 4.69) is 46.7 Å². The van der Waals surface area contributed by atoms with E-state index in [9.17, 15) is 4.79 Å². The number of carbonyl (C=O) groups excluding carboxylic acids is 1. The van der Waals surface area contributed by atoms with Crippen LogP contribution in [0.1, 0.15) is 63.2 Å². The van der Waals surface area contributed by atoms with E-state index in [4.69, 9.17) is 9.72 Å². The van der Waals surface area contributed by atoms with Crippen LogP contribution in [0.4, 0.5) is 17.3 Å². The van der Waals surface area contributed by atoms with E-state index in [0.717, 1.165) is 54.9 Å². The molecule has 2 aromatic rings. The van der Waals surface area contributed by atoms with E-state index in [1.165, 1.54) is 25.7 Å². The first kappa shape index (κ1) is 24.1. The number of amides is 1. The highest BCUT2D eigenvalue weighted by molar-refractivity contribution is 7.97. The summed E-state index contributed by atoms with van der Waals surface area (Å²) in [5, 5.41) is 3.14. The van der Waals surface area contributed by atoms with Crippen LogP contribution in [-0.4, -0.2) is 54.8 Å². The number of hydrogen-bond donors (Lipinski definition) is 2. The molecule has 7 nitrogen and oxygen atoms in total. The third-order valence-corrected chi connectivity index (χ3v) is 9.15. The number of rotatable bonds is 6. The van der Waals surface area contributed by atoms with Gasteiger partial charge in [-0.15, -0.1) is 0 Å². The number of pyridine rings is 1. The molecule has 2 atom stereocenters. The number of morpholine rings is 1. The molecule has 36 heavy (non-hydrogen) atoms. The third-order valence-electron chi connectivity index (χ3n) is 7.95. The molecule has 3 aliphatic heterocycles. The lowest BCUT2D eigenvalue weighted by Crippen LogP contribution is -2.39. The van der Waals surface area contributed by atoms with Crippen molar-refractivity contribution in [1.29, 1.82) is 0 Å². The first-order valence-corrected chi connectivity index (χ1v) is 14.1. The van der Waals surface area contributed by atoms with Crippen molar-refractivity contribution < 1.29 is 9.53 Å². The molecule has 1 spiro atoms. The second-order valence-corrected chi connectivity index (χ2v) is 12.8. The normalized spacial score (nSPS) is 24.4. The minimum Gasteiger partial charge on any atom is -0.374 e. The number of aromatic nitrogens is 1. The van der Waals surface area contributed by atoms with E-state index < -0.39 is 0 Å². The summed E-state index contributed by atoms with van der Waals surface area (Å²) in [5.74, 6) is 1.69. The van der Waals surface area contributed by atoms with Gasteiger partial charge in [-0.3, -0.25) is 9.52 Å². The SMILES string of the molecule is CC(C)(C)NSc1cccc(NC(=O)c2ccc(N3C[C@H]4C[C@@H]3CO4)nc2N2CCC3(CC2)CC3)c1. The zero-order chi connectivity index (χ0) is 24.9. The number of nitrogens with one attached hydrogen (secondary N) is 2. The molecule has 6 rings (SSSR count). The number of fused-ring (bicyclic) bond motifs is 2. The van der Waals surface area contributed by atoms with Crippen molar-refractivity contribution in [3.63, 3.8) is 0 Å². The summed E-state index contributed by atoms with van der Waals surface area (Å²) in [4.78, 5) is 24.5. The highest BCUT2D eigenvalue weighted by atomic mass is 32.2. The Morgan fingerprint density at radius 1 is 1.14 bits per heavy atom. The van der Waals surface area contributed by atoms with Crippen molar-refractivity contribution in [2.45, 2.75) is 75.5 Å². The monoisotopic (exact) mass is 507 g/mol. The molecule has 1 amide bonds. The molecule has 8 heteroatoms. The summed E-state index contributed by atoms with van der Waals surface area (Å²) in [6.07, 6.45) is 6.49. The van der Waals surface area contributed by atoms with E-state index in [0.29, 0.717) is 23.1 Å². The van der Waals surface area contributed by atoms with E-state index in [-0.39, 0.29) is 11.4 Å². The molecule has 0 unspecified atom stereocenters. The molecule has 1 saturated carbocycles. The molecular weight excluding hydrogens is 470 g/mol. The molecule has 1 aromatic heterocycles. The molecule has 2 bridgehead atoms. The Labute approximate surface area is 218 Å². The maximum Gasteiger partial charge on any atom is 0.259 e. The minimum absolute atomic E-state index is 0.000685. The van der Waals surface area contributed by atoms with Crippen LogP contribution in [0.5, 0.6) is 0 Å². The summed E-state index contributed by atoms with van der Waals surface area (Å²) in [5.41, 5.74) is 2.01. The van der Waals surface area contributed by atoms with Crippen molar-refractivity contribution >= 4 is 35.2 Å². The molecule has 0 radical (unpaired) electrons. The predicted octanol–water partition coefficient (Wildman–Crippen LogP) is 5.09. The van der Waals surface area contributed by atoms with Gasteiger partial charge in [0.2, 0.25) is 0 Å². The maximum absolute atomic E-state index is 13.6. The van der Waals surface area contributed by atoms with Crippen molar-refractivity contribution in [2.24, 2.45) is 5.41 Å². The van der Waals surface area contributed by atoms with Gasteiger partial charge in [0, 0.05) is 35.8 Å². The largest absolute Gasteiger partial charge is 0.374 e. The van der Waals surface area contributed by atoms with Crippen LogP contribution in [-0.2, 0) is 4.74 Å². The van der Waals surface area contributed by atoms with Crippen molar-refractivity contribution in [1.82, 2.24) is 9.71 Å². The minimum atomic E-state index is -0.104. The molecule has 1 aromatic carbocycles. The quantitative estimate of drug-likeness (QED) is 0.528. The Balaban J connectivity index is 1.23. The lowest BCUT2D eigenvalue weighted by Gasteiger charge is -2.35. The Bertz CT molecular complexity index is 1140. The van der Waals surface area contributed by atoms with Gasteiger partial charge in [-0.05, 0) is 101 Å². The predicted molar refractivity (Wildman–Crippen MR) is 146 cm³/mol. The van der Waals surface area contributed by atoms with Gasteiger partial charge >= 0.3 is 0 Å². The van der Waals surface area contributed by atoms with Gasteiger partial charge in [0.1, 0.15) is 11.6 Å². The topological polar surface area (TPSA) is 69.7 Å². The van der Waals surface area contributed by atoms with Gasteiger partial charge in [0.15, 0.2) is 0 Å². The third kappa shape index (κ3) is 5.08. The van der Waals surface area contributed by atoms with Crippen LogP contribution in [0.15, 0.2) is 41.3 Å². The second-order valence-electron chi connectivity index (χ2n) is 12.0. The standard InChI is InChI=1S/C28H37N5O2S/c1-27(2,3)31-36-22-6-4-5-19(15-22)29-26(34)23-7-8-24(33-17-21-16-20(33)18-35-21)30-25(23)32-13-11-28(9-10-28)12-14-32/h4-8,15,20-21,31H,9-14,16-18H2,1-3H3,(H,29,34)/t20-,21-/m1/s1. The highest BCUT2D eigenvalue weighted by Crippen LogP contribution is 2.54. The number of nitrogens with zero attached hydrogens (tertiary/aromatic N) is 3. The fraction of sp³-hybridized carbons (Fsp3) is 0.571. The zero-order valence-corrected chi connectivity index (χ0v) is 22.4. The number of ether oxygens (including phenoxy) is 1. The lowest BCUT2D eigenvalue weighted by atomic mass is 9.93. The Kier molecular flexibility index (Phi) is 6.17. The van der Waals surface area contributed by atoms with Gasteiger partial charge in [-0.1, -0.05) is 6.07 Å². The fourth-order valence-corrected chi connectivity index (χ4v) is 6.37.